The molecular formula is C22H24NP. The van der Waals surface area contributed by atoms with Gasteiger partial charge < -0.3 is 5.73 Å². The van der Waals surface area contributed by atoms with Crippen LogP contribution in [0.2, 0.25) is 0 Å². The topological polar surface area (TPSA) is 26.0 Å². The lowest BCUT2D eigenvalue weighted by molar-refractivity contribution is 1.05. The number of hydrogen-bond donors (Lipinski definition) is 1. The summed E-state index contributed by atoms with van der Waals surface area (Å²) in [7, 11) is -0.467. The molecule has 0 heterocycles. The van der Waals surface area contributed by atoms with Gasteiger partial charge in [0.05, 0.1) is 0 Å². The van der Waals surface area contributed by atoms with Gasteiger partial charge in [-0.2, -0.15) is 0 Å². The zero-order chi connectivity index (χ0) is 17.1. The monoisotopic (exact) mass is 333 g/mol. The van der Waals surface area contributed by atoms with E-state index in [-0.39, 0.29) is 0 Å². The van der Waals surface area contributed by atoms with Crippen LogP contribution in [0.5, 0.6) is 0 Å². The molecule has 0 aliphatic rings. The van der Waals surface area contributed by atoms with Crippen molar-refractivity contribution in [3.63, 3.8) is 0 Å². The molecule has 0 aliphatic heterocycles. The van der Waals surface area contributed by atoms with Gasteiger partial charge in [0.1, 0.15) is 0 Å². The van der Waals surface area contributed by atoms with Crippen LogP contribution in [-0.4, -0.2) is 0 Å². The van der Waals surface area contributed by atoms with Gasteiger partial charge >= 0.3 is 0 Å². The summed E-state index contributed by atoms with van der Waals surface area (Å²) in [5.41, 5.74) is 11.3. The van der Waals surface area contributed by atoms with Crippen molar-refractivity contribution < 1.29 is 0 Å². The second-order valence-corrected chi connectivity index (χ2v) is 8.76. The van der Waals surface area contributed by atoms with Gasteiger partial charge in [-0.05, 0) is 55.1 Å². The number of nitrogen functional groups attached to an aromatic ring is 1. The number of benzene rings is 3. The Morgan fingerprint density at radius 3 is 1.71 bits per heavy atom. The van der Waals surface area contributed by atoms with Crippen LogP contribution in [0.3, 0.4) is 0 Å². The van der Waals surface area contributed by atoms with Crippen molar-refractivity contribution >= 4 is 24.2 Å². The van der Waals surface area contributed by atoms with Gasteiger partial charge in [-0.15, -0.1) is 0 Å². The van der Waals surface area contributed by atoms with Crippen molar-refractivity contribution in [1.82, 2.24) is 0 Å². The highest BCUT2D eigenvalue weighted by atomic mass is 31.1. The molecule has 1 atom stereocenters. The summed E-state index contributed by atoms with van der Waals surface area (Å²) in [5, 5.41) is 2.83. The normalized spacial score (nSPS) is 12.3. The number of hydrogen-bond acceptors (Lipinski definition) is 1. The molecule has 0 aliphatic carbocycles. The molecule has 2 heteroatoms. The summed E-state index contributed by atoms with van der Waals surface area (Å²) < 4.78 is 0. The van der Waals surface area contributed by atoms with Crippen LogP contribution in [-0.2, 0) is 0 Å². The van der Waals surface area contributed by atoms with Crippen molar-refractivity contribution in [2.45, 2.75) is 26.4 Å². The van der Waals surface area contributed by atoms with E-state index >= 15 is 0 Å². The summed E-state index contributed by atoms with van der Waals surface area (Å²) in [5.74, 6) is 0. The highest BCUT2D eigenvalue weighted by Crippen LogP contribution is 2.50. The van der Waals surface area contributed by atoms with Gasteiger partial charge in [0.15, 0.2) is 0 Å². The van der Waals surface area contributed by atoms with E-state index in [1.807, 2.05) is 0 Å². The minimum Gasteiger partial charge on any atom is -0.399 e. The molecule has 122 valence electrons. The van der Waals surface area contributed by atoms with E-state index in [4.69, 9.17) is 5.73 Å². The second-order valence-electron chi connectivity index (χ2n) is 6.21. The fraction of sp³-hybridized carbons (Fsp3) is 0.182. The Morgan fingerprint density at radius 2 is 1.21 bits per heavy atom. The fourth-order valence-electron chi connectivity index (χ4n) is 3.23. The summed E-state index contributed by atoms with van der Waals surface area (Å²) >= 11 is 0. The van der Waals surface area contributed by atoms with E-state index in [1.54, 1.807) is 0 Å². The van der Waals surface area contributed by atoms with Crippen LogP contribution in [0.25, 0.3) is 0 Å². The van der Waals surface area contributed by atoms with Gasteiger partial charge in [-0.3, -0.25) is 0 Å². The molecule has 0 spiro atoms. The van der Waals surface area contributed by atoms with Crippen LogP contribution < -0.4 is 16.3 Å². The van der Waals surface area contributed by atoms with E-state index in [2.05, 4.69) is 93.6 Å². The van der Waals surface area contributed by atoms with Crippen LogP contribution >= 0.6 is 7.92 Å². The van der Waals surface area contributed by atoms with E-state index in [1.165, 1.54) is 27.3 Å². The third-order valence-electron chi connectivity index (χ3n) is 4.78. The first-order valence-corrected chi connectivity index (χ1v) is 9.75. The Hall–Kier alpha value is -2.11. The second kappa shape index (κ2) is 7.20. The molecule has 3 aromatic rings. The summed E-state index contributed by atoms with van der Waals surface area (Å²) in [6.07, 6.45) is 0. The molecule has 3 aromatic carbocycles. The first-order chi connectivity index (χ1) is 11.6. The first kappa shape index (κ1) is 16.7. The molecule has 0 radical (unpaired) electrons. The third kappa shape index (κ3) is 3.23. The van der Waals surface area contributed by atoms with Gasteiger partial charge in [0, 0.05) is 11.3 Å². The summed E-state index contributed by atoms with van der Waals surface area (Å²) in [6, 6.07) is 26.0. The highest BCUT2D eigenvalue weighted by molar-refractivity contribution is 7.73. The van der Waals surface area contributed by atoms with Crippen LogP contribution in [0.15, 0.2) is 72.8 Å². The van der Waals surface area contributed by atoms with Gasteiger partial charge in [0.2, 0.25) is 0 Å². The average molecular weight is 333 g/mol. The Labute approximate surface area is 146 Å². The van der Waals surface area contributed by atoms with Crippen LogP contribution in [0.1, 0.15) is 29.3 Å². The van der Waals surface area contributed by atoms with Crippen molar-refractivity contribution in [2.24, 2.45) is 0 Å². The maximum absolute atomic E-state index is 6.09. The maximum atomic E-state index is 6.09. The SMILES string of the molecule is Cc1c(N)ccc(C(C)P(c2ccccc2)c2ccccc2)c1C. The molecule has 1 nitrogen and oxygen atoms in total. The number of rotatable bonds is 4. The number of anilines is 1. The lowest BCUT2D eigenvalue weighted by Gasteiger charge is -2.28. The predicted molar refractivity (Wildman–Crippen MR) is 108 cm³/mol. The Balaban J connectivity index is 2.11. The molecule has 0 fully saturated rings. The Bertz CT molecular complexity index is 773. The zero-order valence-electron chi connectivity index (χ0n) is 14.5. The molecule has 0 saturated carbocycles. The zero-order valence-corrected chi connectivity index (χ0v) is 15.4. The van der Waals surface area contributed by atoms with E-state index < -0.39 is 7.92 Å². The molecule has 0 aromatic heterocycles. The standard InChI is InChI=1S/C22H24NP/c1-16-17(2)22(23)15-14-21(16)18(3)24(19-10-6-4-7-11-19)20-12-8-5-9-13-20/h4-15,18H,23H2,1-3H3. The molecule has 0 amide bonds. The van der Waals surface area contributed by atoms with Crippen LogP contribution in [0, 0.1) is 13.8 Å². The van der Waals surface area contributed by atoms with E-state index in [0.717, 1.165) is 5.69 Å². The van der Waals surface area contributed by atoms with Crippen LogP contribution in [0.4, 0.5) is 5.69 Å². The van der Waals surface area contributed by atoms with Crippen molar-refractivity contribution in [1.29, 1.82) is 0 Å². The molecule has 3 rings (SSSR count). The summed E-state index contributed by atoms with van der Waals surface area (Å²) in [6.45, 7) is 6.67. The Kier molecular flexibility index (Phi) is 5.02. The van der Waals surface area contributed by atoms with Crippen molar-refractivity contribution in [3.05, 3.63) is 89.5 Å². The van der Waals surface area contributed by atoms with E-state index in [9.17, 15) is 0 Å². The van der Waals surface area contributed by atoms with E-state index in [0.29, 0.717) is 5.66 Å². The average Bonchev–Trinajstić information content (AvgIpc) is 2.62. The minimum absolute atomic E-state index is 0.434. The lowest BCUT2D eigenvalue weighted by atomic mass is 10.00. The smallest absolute Gasteiger partial charge is 0.0346 e. The molecule has 2 N–H and O–H groups in total. The fourth-order valence-corrected chi connectivity index (χ4v) is 5.96. The molecular weight excluding hydrogens is 309 g/mol. The highest BCUT2D eigenvalue weighted by Gasteiger charge is 2.24. The third-order valence-corrected chi connectivity index (χ3v) is 7.54. The molecule has 1 unspecified atom stereocenters. The van der Waals surface area contributed by atoms with Crippen molar-refractivity contribution in [2.75, 3.05) is 5.73 Å². The first-order valence-electron chi connectivity index (χ1n) is 8.34. The largest absolute Gasteiger partial charge is 0.399 e. The predicted octanol–water partition coefficient (Wildman–Crippen LogP) is 5.08. The lowest BCUT2D eigenvalue weighted by Crippen LogP contribution is -2.16. The Morgan fingerprint density at radius 1 is 0.708 bits per heavy atom. The summed E-state index contributed by atoms with van der Waals surface area (Å²) in [4.78, 5) is 0. The van der Waals surface area contributed by atoms with Crippen molar-refractivity contribution in [3.8, 4) is 0 Å². The minimum atomic E-state index is -0.467. The molecule has 0 bridgehead atoms. The quantitative estimate of drug-likeness (QED) is 0.523. The molecule has 24 heavy (non-hydrogen) atoms. The maximum Gasteiger partial charge on any atom is 0.0346 e. The number of nitrogens with two attached hydrogens (primary N) is 1. The molecule has 0 saturated heterocycles. The van der Waals surface area contributed by atoms with Gasteiger partial charge in [0.25, 0.3) is 0 Å². The van der Waals surface area contributed by atoms with Gasteiger partial charge in [-0.1, -0.05) is 73.7 Å². The van der Waals surface area contributed by atoms with Gasteiger partial charge in [-0.25, -0.2) is 0 Å².